The molecule has 2 aliphatic heterocycles. The minimum absolute atomic E-state index is 0.345. The van der Waals surface area contributed by atoms with E-state index in [1.165, 1.54) is 23.2 Å². The van der Waals surface area contributed by atoms with Crippen molar-refractivity contribution in [2.24, 2.45) is 0 Å². The molecule has 1 unspecified atom stereocenters. The van der Waals surface area contributed by atoms with Crippen LogP contribution in [0.4, 0.5) is 0 Å². The van der Waals surface area contributed by atoms with Crippen molar-refractivity contribution in [3.63, 3.8) is 0 Å². The van der Waals surface area contributed by atoms with E-state index in [2.05, 4.69) is 52.3 Å². The highest BCUT2D eigenvalue weighted by molar-refractivity contribution is 5.45. The summed E-state index contributed by atoms with van der Waals surface area (Å²) < 4.78 is 16.4. The Morgan fingerprint density at radius 1 is 1.00 bits per heavy atom. The first-order valence-electron chi connectivity index (χ1n) is 11.0. The van der Waals surface area contributed by atoms with Crippen LogP contribution < -0.4 is 14.2 Å². The summed E-state index contributed by atoms with van der Waals surface area (Å²) in [5.41, 5.74) is 4.23. The van der Waals surface area contributed by atoms with Crippen LogP contribution in [0.2, 0.25) is 0 Å². The van der Waals surface area contributed by atoms with Gasteiger partial charge in [-0.15, -0.1) is 0 Å². The lowest BCUT2D eigenvalue weighted by atomic mass is 9.86. The second-order valence-corrected chi connectivity index (χ2v) is 8.39. The maximum atomic E-state index is 5.55. The molecule has 0 N–H and O–H groups in total. The highest BCUT2D eigenvalue weighted by Crippen LogP contribution is 2.39. The van der Waals surface area contributed by atoms with Gasteiger partial charge in [0.25, 0.3) is 0 Å². The molecule has 0 bridgehead atoms. The zero-order valence-electron chi connectivity index (χ0n) is 17.7. The largest absolute Gasteiger partial charge is 0.497 e. The van der Waals surface area contributed by atoms with E-state index in [4.69, 9.17) is 14.2 Å². The minimum atomic E-state index is 0.345. The standard InChI is InChI=1S/C25H30N2O3/c1-28-23-4-2-3-19(15-23)17-26-11-13-27(14-12-26)22-8-5-20(6-9-22)21-7-10-24-25(16-21)30-18-29-24/h2-4,7-8,10,15-16,20H,5-6,9,11-14,17-18H2,1H3. The van der Waals surface area contributed by atoms with Crippen molar-refractivity contribution in [2.45, 2.75) is 31.7 Å². The maximum absolute atomic E-state index is 5.55. The molecule has 5 heteroatoms. The van der Waals surface area contributed by atoms with Crippen LogP contribution in [-0.4, -0.2) is 49.9 Å². The first-order chi connectivity index (χ1) is 14.8. The number of rotatable bonds is 5. The molecule has 0 spiro atoms. The van der Waals surface area contributed by atoms with E-state index in [1.807, 2.05) is 6.07 Å². The first-order valence-corrected chi connectivity index (χ1v) is 11.0. The normalized spacial score (nSPS) is 21.4. The van der Waals surface area contributed by atoms with Crippen LogP contribution in [0.3, 0.4) is 0 Å². The number of allylic oxidation sites excluding steroid dienone is 2. The van der Waals surface area contributed by atoms with Gasteiger partial charge < -0.3 is 19.1 Å². The van der Waals surface area contributed by atoms with Gasteiger partial charge in [0.05, 0.1) is 7.11 Å². The van der Waals surface area contributed by atoms with Crippen LogP contribution in [-0.2, 0) is 6.54 Å². The zero-order valence-corrected chi connectivity index (χ0v) is 17.7. The van der Waals surface area contributed by atoms with E-state index in [-0.39, 0.29) is 0 Å². The Morgan fingerprint density at radius 3 is 2.67 bits per heavy atom. The van der Waals surface area contributed by atoms with Crippen LogP contribution in [0.15, 0.2) is 54.2 Å². The van der Waals surface area contributed by atoms with Crippen LogP contribution >= 0.6 is 0 Å². The van der Waals surface area contributed by atoms with Crippen molar-refractivity contribution < 1.29 is 14.2 Å². The van der Waals surface area contributed by atoms with Crippen LogP contribution in [0.25, 0.3) is 0 Å². The lowest BCUT2D eigenvalue weighted by Gasteiger charge is -2.39. The number of nitrogens with zero attached hydrogens (tertiary/aromatic N) is 2. The summed E-state index contributed by atoms with van der Waals surface area (Å²) in [5.74, 6) is 3.29. The summed E-state index contributed by atoms with van der Waals surface area (Å²) in [5, 5.41) is 0. The molecule has 1 atom stereocenters. The number of benzene rings is 2. The Kier molecular flexibility index (Phi) is 5.54. The molecule has 0 amide bonds. The molecule has 1 aliphatic carbocycles. The Bertz CT molecular complexity index is 918. The molecule has 1 fully saturated rings. The first kappa shape index (κ1) is 19.3. The molecule has 2 aromatic carbocycles. The predicted octanol–water partition coefficient (Wildman–Crippen LogP) is 4.39. The van der Waals surface area contributed by atoms with Crippen molar-refractivity contribution in [1.29, 1.82) is 0 Å². The summed E-state index contributed by atoms with van der Waals surface area (Å²) in [6.45, 7) is 5.79. The topological polar surface area (TPSA) is 34.2 Å². The van der Waals surface area contributed by atoms with Crippen molar-refractivity contribution in [3.05, 3.63) is 65.4 Å². The van der Waals surface area contributed by atoms with Gasteiger partial charge in [0.1, 0.15) is 5.75 Å². The molecule has 0 radical (unpaired) electrons. The summed E-state index contributed by atoms with van der Waals surface area (Å²) >= 11 is 0. The number of fused-ring (bicyclic) bond motifs is 1. The van der Waals surface area contributed by atoms with Crippen LogP contribution in [0.1, 0.15) is 36.3 Å². The Hall–Kier alpha value is -2.66. The van der Waals surface area contributed by atoms with Crippen molar-refractivity contribution in [3.8, 4) is 17.2 Å². The lowest BCUT2D eigenvalue weighted by molar-refractivity contribution is 0.147. The Morgan fingerprint density at radius 2 is 1.87 bits per heavy atom. The number of ether oxygens (including phenoxy) is 3. The number of piperazine rings is 1. The van der Waals surface area contributed by atoms with Crippen molar-refractivity contribution in [1.82, 2.24) is 9.80 Å². The Balaban J connectivity index is 1.14. The zero-order chi connectivity index (χ0) is 20.3. The molecule has 2 aromatic rings. The van der Waals surface area contributed by atoms with Gasteiger partial charge in [-0.2, -0.15) is 0 Å². The van der Waals surface area contributed by atoms with Gasteiger partial charge in [-0.1, -0.05) is 24.3 Å². The second-order valence-electron chi connectivity index (χ2n) is 8.39. The Labute approximate surface area is 178 Å². The molecule has 1 saturated heterocycles. The van der Waals surface area contributed by atoms with E-state index < -0.39 is 0 Å². The highest BCUT2D eigenvalue weighted by atomic mass is 16.7. The molecule has 0 aromatic heterocycles. The fourth-order valence-electron chi connectivity index (χ4n) is 4.80. The summed E-state index contributed by atoms with van der Waals surface area (Å²) in [4.78, 5) is 5.14. The van der Waals surface area contributed by atoms with Gasteiger partial charge in [0.2, 0.25) is 6.79 Å². The molecular formula is C25H30N2O3. The van der Waals surface area contributed by atoms with E-state index in [0.717, 1.165) is 62.8 Å². The third-order valence-electron chi connectivity index (χ3n) is 6.57. The van der Waals surface area contributed by atoms with Crippen molar-refractivity contribution >= 4 is 0 Å². The molecule has 5 rings (SSSR count). The predicted molar refractivity (Wildman–Crippen MR) is 117 cm³/mol. The average Bonchev–Trinajstić information content (AvgIpc) is 3.28. The maximum Gasteiger partial charge on any atom is 0.231 e. The molecular weight excluding hydrogens is 376 g/mol. The fraction of sp³-hybridized carbons (Fsp3) is 0.440. The van der Waals surface area contributed by atoms with E-state index >= 15 is 0 Å². The van der Waals surface area contributed by atoms with Gasteiger partial charge in [0.15, 0.2) is 11.5 Å². The van der Waals surface area contributed by atoms with E-state index in [9.17, 15) is 0 Å². The van der Waals surface area contributed by atoms with Gasteiger partial charge >= 0.3 is 0 Å². The number of hydrogen-bond acceptors (Lipinski definition) is 5. The molecule has 3 aliphatic rings. The summed E-state index contributed by atoms with van der Waals surface area (Å²) in [6.07, 6.45) is 5.94. The number of hydrogen-bond donors (Lipinski definition) is 0. The molecule has 158 valence electrons. The monoisotopic (exact) mass is 406 g/mol. The molecule has 2 heterocycles. The molecule has 30 heavy (non-hydrogen) atoms. The van der Waals surface area contributed by atoms with Gasteiger partial charge in [-0.25, -0.2) is 0 Å². The number of methoxy groups -OCH3 is 1. The average molecular weight is 407 g/mol. The second kappa shape index (κ2) is 8.60. The van der Waals surface area contributed by atoms with Gasteiger partial charge in [-0.05, 0) is 60.6 Å². The van der Waals surface area contributed by atoms with Crippen LogP contribution in [0.5, 0.6) is 17.2 Å². The smallest absolute Gasteiger partial charge is 0.231 e. The third-order valence-corrected chi connectivity index (χ3v) is 6.57. The lowest BCUT2D eigenvalue weighted by Crippen LogP contribution is -2.45. The van der Waals surface area contributed by atoms with E-state index in [0.29, 0.717) is 12.7 Å². The highest BCUT2D eigenvalue weighted by Gasteiger charge is 2.24. The van der Waals surface area contributed by atoms with Gasteiger partial charge in [-0.3, -0.25) is 4.90 Å². The molecule has 5 nitrogen and oxygen atoms in total. The molecule has 0 saturated carbocycles. The summed E-state index contributed by atoms with van der Waals surface area (Å²) in [6, 6.07) is 14.8. The minimum Gasteiger partial charge on any atom is -0.497 e. The van der Waals surface area contributed by atoms with Crippen molar-refractivity contribution in [2.75, 3.05) is 40.1 Å². The van der Waals surface area contributed by atoms with E-state index in [1.54, 1.807) is 7.11 Å². The van der Waals surface area contributed by atoms with Crippen LogP contribution in [0, 0.1) is 0 Å². The quantitative estimate of drug-likeness (QED) is 0.736. The third kappa shape index (κ3) is 4.12. The van der Waals surface area contributed by atoms with Gasteiger partial charge in [0, 0.05) is 38.4 Å². The fourth-order valence-corrected chi connectivity index (χ4v) is 4.80. The summed E-state index contributed by atoms with van der Waals surface area (Å²) in [7, 11) is 1.73. The SMILES string of the molecule is COc1cccc(CN2CCN(C3=CCC(c4ccc5c(c4)OCO5)CC3)CC2)c1.